The van der Waals surface area contributed by atoms with Gasteiger partial charge in [-0.2, -0.15) is 0 Å². The second-order valence-electron chi connectivity index (χ2n) is 6.35. The van der Waals surface area contributed by atoms with E-state index in [0.717, 1.165) is 6.54 Å². The van der Waals surface area contributed by atoms with Crippen molar-refractivity contribution in [2.45, 2.75) is 38.0 Å². The number of nitrogens with one attached hydrogen (secondary N) is 1. The zero-order chi connectivity index (χ0) is 15.5. The fourth-order valence-electron chi connectivity index (χ4n) is 3.22. The van der Waals surface area contributed by atoms with Crippen LogP contribution in [0.1, 0.15) is 24.8 Å². The van der Waals surface area contributed by atoms with Crippen LogP contribution in [-0.2, 0) is 16.1 Å². The number of likely N-dealkylation sites (tertiary alicyclic amines) is 1. The second-order valence-corrected chi connectivity index (χ2v) is 6.35. The first-order chi connectivity index (χ1) is 10.6. The highest BCUT2D eigenvalue weighted by Crippen LogP contribution is 2.24. The summed E-state index contributed by atoms with van der Waals surface area (Å²) in [7, 11) is 0. The van der Waals surface area contributed by atoms with Crippen molar-refractivity contribution in [3.8, 4) is 0 Å². The lowest BCUT2D eigenvalue weighted by Crippen LogP contribution is -2.44. The van der Waals surface area contributed by atoms with Crippen molar-refractivity contribution < 1.29 is 14.7 Å². The van der Waals surface area contributed by atoms with Crippen LogP contribution in [0.2, 0.25) is 0 Å². The third-order valence-electron chi connectivity index (χ3n) is 4.57. The smallest absolute Gasteiger partial charge is 0.224 e. The molecule has 1 amide bonds. The maximum Gasteiger partial charge on any atom is 0.224 e. The Labute approximate surface area is 130 Å². The number of carbonyl (C=O) groups excluding carboxylic acids is 2. The molecule has 1 heterocycles. The highest BCUT2D eigenvalue weighted by Gasteiger charge is 2.35. The lowest BCUT2D eigenvalue weighted by molar-refractivity contribution is -0.138. The molecule has 1 aromatic rings. The largest absolute Gasteiger partial charge is 0.392 e. The van der Waals surface area contributed by atoms with Crippen molar-refractivity contribution in [3.63, 3.8) is 0 Å². The molecule has 5 heteroatoms. The van der Waals surface area contributed by atoms with Gasteiger partial charge in [0, 0.05) is 38.5 Å². The van der Waals surface area contributed by atoms with E-state index in [0.29, 0.717) is 32.4 Å². The summed E-state index contributed by atoms with van der Waals surface area (Å²) in [5, 5.41) is 12.9. The molecule has 0 radical (unpaired) electrons. The van der Waals surface area contributed by atoms with Gasteiger partial charge in [-0.3, -0.25) is 14.5 Å². The minimum atomic E-state index is -0.337. The van der Waals surface area contributed by atoms with Gasteiger partial charge in [-0.1, -0.05) is 30.3 Å². The topological polar surface area (TPSA) is 69.6 Å². The van der Waals surface area contributed by atoms with Crippen LogP contribution >= 0.6 is 0 Å². The molecule has 0 aromatic heterocycles. The van der Waals surface area contributed by atoms with E-state index in [1.165, 1.54) is 5.56 Å². The summed E-state index contributed by atoms with van der Waals surface area (Å²) in [5.41, 5.74) is 1.21. The van der Waals surface area contributed by atoms with E-state index >= 15 is 0 Å². The summed E-state index contributed by atoms with van der Waals surface area (Å²) >= 11 is 0. The van der Waals surface area contributed by atoms with Gasteiger partial charge >= 0.3 is 0 Å². The van der Waals surface area contributed by atoms with Crippen LogP contribution in [-0.4, -0.2) is 46.9 Å². The van der Waals surface area contributed by atoms with Gasteiger partial charge in [-0.05, 0) is 12.0 Å². The van der Waals surface area contributed by atoms with Gasteiger partial charge < -0.3 is 10.4 Å². The van der Waals surface area contributed by atoms with E-state index in [1.807, 2.05) is 18.2 Å². The van der Waals surface area contributed by atoms with E-state index in [-0.39, 0.29) is 29.8 Å². The average Bonchev–Trinajstić information content (AvgIpc) is 2.82. The van der Waals surface area contributed by atoms with Crippen LogP contribution in [0.25, 0.3) is 0 Å². The molecule has 2 aliphatic rings. The molecule has 2 fully saturated rings. The van der Waals surface area contributed by atoms with Crippen molar-refractivity contribution in [2.24, 2.45) is 5.92 Å². The van der Waals surface area contributed by atoms with Gasteiger partial charge in [0.05, 0.1) is 12.0 Å². The predicted octanol–water partition coefficient (Wildman–Crippen LogP) is 0.717. The quantitative estimate of drug-likeness (QED) is 0.841. The van der Waals surface area contributed by atoms with Crippen LogP contribution in [0, 0.1) is 5.92 Å². The van der Waals surface area contributed by atoms with Crippen LogP contribution < -0.4 is 5.32 Å². The monoisotopic (exact) mass is 302 g/mol. The molecule has 0 bridgehead atoms. The van der Waals surface area contributed by atoms with Gasteiger partial charge in [0.2, 0.25) is 5.91 Å². The number of benzene rings is 1. The molecule has 3 rings (SSSR count). The highest BCUT2D eigenvalue weighted by atomic mass is 16.3. The van der Waals surface area contributed by atoms with Gasteiger partial charge in [-0.15, -0.1) is 0 Å². The summed E-state index contributed by atoms with van der Waals surface area (Å²) < 4.78 is 0. The minimum Gasteiger partial charge on any atom is -0.392 e. The van der Waals surface area contributed by atoms with Gasteiger partial charge in [0.25, 0.3) is 0 Å². The van der Waals surface area contributed by atoms with E-state index < -0.39 is 0 Å². The number of Topliss-reactive ketones (excluding diaryl/α,β-unsaturated/α-hetero) is 1. The van der Waals surface area contributed by atoms with E-state index in [4.69, 9.17) is 0 Å². The number of hydrogen-bond donors (Lipinski definition) is 2. The second kappa shape index (κ2) is 6.58. The summed E-state index contributed by atoms with van der Waals surface area (Å²) in [6.45, 7) is 1.95. The van der Waals surface area contributed by atoms with Crippen molar-refractivity contribution in [3.05, 3.63) is 35.9 Å². The normalized spacial score (nSPS) is 26.0. The molecule has 2 unspecified atom stereocenters. The summed E-state index contributed by atoms with van der Waals surface area (Å²) in [6.07, 6.45) is 1.10. The molecule has 2 N–H and O–H groups in total. The molecule has 22 heavy (non-hydrogen) atoms. The van der Waals surface area contributed by atoms with Gasteiger partial charge in [0.1, 0.15) is 5.78 Å². The fourth-order valence-corrected chi connectivity index (χ4v) is 3.22. The Bertz CT molecular complexity index is 538. The fraction of sp³-hybridized carbons (Fsp3) is 0.529. The van der Waals surface area contributed by atoms with E-state index in [1.54, 1.807) is 0 Å². The van der Waals surface area contributed by atoms with Crippen molar-refractivity contribution >= 4 is 11.7 Å². The Morgan fingerprint density at radius 2 is 2.00 bits per heavy atom. The number of ketones is 1. The third-order valence-corrected chi connectivity index (χ3v) is 4.57. The maximum absolute atomic E-state index is 11.9. The first-order valence-corrected chi connectivity index (χ1v) is 7.87. The van der Waals surface area contributed by atoms with Crippen LogP contribution in [0.15, 0.2) is 30.3 Å². The zero-order valence-corrected chi connectivity index (χ0v) is 12.6. The number of β-amino-alcohol motifs (C(OH)–C–C–N with tert-alkyl or cyclic N) is 1. The third kappa shape index (κ3) is 3.54. The van der Waals surface area contributed by atoms with Crippen molar-refractivity contribution in [1.29, 1.82) is 0 Å². The Morgan fingerprint density at radius 1 is 1.27 bits per heavy atom. The number of amides is 1. The lowest BCUT2D eigenvalue weighted by atomic mass is 9.83. The number of aliphatic hydroxyl groups excluding tert-OH is 1. The first-order valence-electron chi connectivity index (χ1n) is 7.87. The number of rotatable bonds is 5. The van der Waals surface area contributed by atoms with Gasteiger partial charge in [0.15, 0.2) is 0 Å². The molecule has 118 valence electrons. The summed E-state index contributed by atoms with van der Waals surface area (Å²) in [4.78, 5) is 25.1. The SMILES string of the molecule is O=C1CC(C(=O)NCC2CC(O)CN2Cc2ccccc2)C1. The zero-order valence-electron chi connectivity index (χ0n) is 12.6. The van der Waals surface area contributed by atoms with Gasteiger partial charge in [-0.25, -0.2) is 0 Å². The predicted molar refractivity (Wildman–Crippen MR) is 82.0 cm³/mol. The average molecular weight is 302 g/mol. The van der Waals surface area contributed by atoms with Crippen LogP contribution in [0.4, 0.5) is 0 Å². The first kappa shape index (κ1) is 15.2. The Kier molecular flexibility index (Phi) is 4.55. The number of hydrogen-bond acceptors (Lipinski definition) is 4. The van der Waals surface area contributed by atoms with Crippen LogP contribution in [0.5, 0.6) is 0 Å². The molecule has 1 aliphatic carbocycles. The highest BCUT2D eigenvalue weighted by molar-refractivity contribution is 5.96. The standard InChI is InChI=1S/C17H22N2O3/c20-15-6-13(7-15)17(22)18-9-14-8-16(21)11-19(14)10-12-4-2-1-3-5-12/h1-5,13-14,16,21H,6-11H2,(H,18,22). The minimum absolute atomic E-state index is 0.0272. The Morgan fingerprint density at radius 3 is 2.68 bits per heavy atom. The molecule has 1 aromatic carbocycles. The number of carbonyl (C=O) groups is 2. The molecule has 5 nitrogen and oxygen atoms in total. The van der Waals surface area contributed by atoms with Crippen LogP contribution in [0.3, 0.4) is 0 Å². The molecule has 1 saturated heterocycles. The maximum atomic E-state index is 11.9. The van der Waals surface area contributed by atoms with Crippen molar-refractivity contribution in [1.82, 2.24) is 10.2 Å². The summed E-state index contributed by atoms with van der Waals surface area (Å²) in [6, 6.07) is 10.3. The molecular weight excluding hydrogens is 280 g/mol. The van der Waals surface area contributed by atoms with E-state index in [2.05, 4.69) is 22.3 Å². The number of nitrogens with zero attached hydrogens (tertiary/aromatic N) is 1. The molecule has 1 aliphatic heterocycles. The van der Waals surface area contributed by atoms with E-state index in [9.17, 15) is 14.7 Å². The molecule has 2 atom stereocenters. The molecule has 0 spiro atoms. The molecule has 1 saturated carbocycles. The number of aliphatic hydroxyl groups is 1. The molecular formula is C17H22N2O3. The summed E-state index contributed by atoms with van der Waals surface area (Å²) in [5.74, 6) is 0.00388. The Hall–Kier alpha value is -1.72. The van der Waals surface area contributed by atoms with Crippen molar-refractivity contribution in [2.75, 3.05) is 13.1 Å². The lowest BCUT2D eigenvalue weighted by Gasteiger charge is -2.27. The Balaban J connectivity index is 1.52.